The van der Waals surface area contributed by atoms with Gasteiger partial charge in [-0.15, -0.1) is 0 Å². The summed E-state index contributed by atoms with van der Waals surface area (Å²) in [5.74, 6) is -1.26. The number of hydrogen-bond acceptors (Lipinski definition) is 3. The van der Waals surface area contributed by atoms with Crippen LogP contribution in [0.5, 0.6) is 0 Å². The quantitative estimate of drug-likeness (QED) is 0.782. The van der Waals surface area contributed by atoms with Crippen molar-refractivity contribution >= 4 is 17.6 Å². The molecule has 0 unspecified atom stereocenters. The molecule has 0 aromatic heterocycles. The first-order valence-electron chi connectivity index (χ1n) is 6.48. The van der Waals surface area contributed by atoms with Gasteiger partial charge in [0.15, 0.2) is 0 Å². The number of carbonyl (C=O) groups excluding carboxylic acids is 1. The molecule has 0 radical (unpaired) electrons. The second-order valence-corrected chi connectivity index (χ2v) is 4.65. The standard InChI is InChI=1S/C16H16N2O3/c17-15(12-6-2-1-3-7-12)16(21)18-13-8-4-5-11(9-13)10-14(19)20/h1-9,15H,10,17H2,(H,18,21)(H,19,20)/t15-/m0/s1. The Morgan fingerprint density at radius 3 is 2.48 bits per heavy atom. The molecule has 1 amide bonds. The summed E-state index contributed by atoms with van der Waals surface area (Å²) in [6.07, 6.45) is -0.0888. The Morgan fingerprint density at radius 1 is 1.10 bits per heavy atom. The summed E-state index contributed by atoms with van der Waals surface area (Å²) in [6.45, 7) is 0. The maximum absolute atomic E-state index is 12.1. The number of amides is 1. The summed E-state index contributed by atoms with van der Waals surface area (Å²) in [5.41, 5.74) is 7.77. The number of nitrogens with one attached hydrogen (secondary N) is 1. The summed E-state index contributed by atoms with van der Waals surface area (Å²) >= 11 is 0. The molecule has 2 aromatic rings. The van der Waals surface area contributed by atoms with Gasteiger partial charge >= 0.3 is 5.97 Å². The second-order valence-electron chi connectivity index (χ2n) is 4.65. The van der Waals surface area contributed by atoms with Crippen molar-refractivity contribution in [3.05, 3.63) is 65.7 Å². The molecule has 0 fully saturated rings. The van der Waals surface area contributed by atoms with Crippen LogP contribution in [0.15, 0.2) is 54.6 Å². The third kappa shape index (κ3) is 4.15. The van der Waals surface area contributed by atoms with Crippen molar-refractivity contribution in [2.24, 2.45) is 5.73 Å². The lowest BCUT2D eigenvalue weighted by atomic mass is 10.1. The van der Waals surface area contributed by atoms with E-state index in [1.54, 1.807) is 36.4 Å². The van der Waals surface area contributed by atoms with E-state index >= 15 is 0 Å². The van der Waals surface area contributed by atoms with Gasteiger partial charge in [0, 0.05) is 5.69 Å². The number of benzene rings is 2. The molecule has 0 spiro atoms. The smallest absolute Gasteiger partial charge is 0.307 e. The Bertz CT molecular complexity index is 641. The zero-order valence-electron chi connectivity index (χ0n) is 11.3. The highest BCUT2D eigenvalue weighted by Gasteiger charge is 2.15. The van der Waals surface area contributed by atoms with Crippen LogP contribution < -0.4 is 11.1 Å². The van der Waals surface area contributed by atoms with E-state index in [4.69, 9.17) is 10.8 Å². The number of carbonyl (C=O) groups is 2. The highest BCUT2D eigenvalue weighted by Crippen LogP contribution is 2.15. The zero-order chi connectivity index (χ0) is 15.2. The minimum absolute atomic E-state index is 0.0888. The van der Waals surface area contributed by atoms with Gasteiger partial charge in [0.2, 0.25) is 5.91 Å². The van der Waals surface area contributed by atoms with Crippen molar-refractivity contribution in [3.8, 4) is 0 Å². The molecule has 4 N–H and O–H groups in total. The molecule has 0 aliphatic rings. The summed E-state index contributed by atoms with van der Waals surface area (Å²) in [5, 5.41) is 11.5. The van der Waals surface area contributed by atoms with Gasteiger partial charge in [0.05, 0.1) is 6.42 Å². The van der Waals surface area contributed by atoms with E-state index in [9.17, 15) is 9.59 Å². The predicted molar refractivity (Wildman–Crippen MR) is 79.8 cm³/mol. The molecule has 0 saturated heterocycles. The Labute approximate surface area is 122 Å². The van der Waals surface area contributed by atoms with Crippen LogP contribution in [0.1, 0.15) is 17.2 Å². The Kier molecular flexibility index (Phi) is 4.68. The van der Waals surface area contributed by atoms with Gasteiger partial charge in [-0.2, -0.15) is 0 Å². The number of rotatable bonds is 5. The summed E-state index contributed by atoms with van der Waals surface area (Å²) in [6, 6.07) is 15.0. The second kappa shape index (κ2) is 6.67. The van der Waals surface area contributed by atoms with Crippen LogP contribution in [-0.4, -0.2) is 17.0 Å². The average Bonchev–Trinajstić information content (AvgIpc) is 2.47. The van der Waals surface area contributed by atoms with E-state index in [-0.39, 0.29) is 12.3 Å². The fourth-order valence-electron chi connectivity index (χ4n) is 1.97. The minimum Gasteiger partial charge on any atom is -0.481 e. The molecule has 5 nitrogen and oxygen atoms in total. The van der Waals surface area contributed by atoms with Crippen molar-refractivity contribution in [1.29, 1.82) is 0 Å². The molecule has 2 rings (SSSR count). The summed E-state index contributed by atoms with van der Waals surface area (Å²) in [7, 11) is 0. The molecule has 0 aliphatic heterocycles. The van der Waals surface area contributed by atoms with Crippen LogP contribution in [0.3, 0.4) is 0 Å². The maximum atomic E-state index is 12.1. The van der Waals surface area contributed by atoms with Crippen molar-refractivity contribution in [2.75, 3.05) is 5.32 Å². The third-order valence-corrected chi connectivity index (χ3v) is 2.99. The van der Waals surface area contributed by atoms with Crippen LogP contribution in [-0.2, 0) is 16.0 Å². The monoisotopic (exact) mass is 284 g/mol. The highest BCUT2D eigenvalue weighted by atomic mass is 16.4. The first kappa shape index (κ1) is 14.7. The van der Waals surface area contributed by atoms with Gasteiger partial charge in [0.1, 0.15) is 6.04 Å². The molecule has 0 bridgehead atoms. The van der Waals surface area contributed by atoms with E-state index in [1.165, 1.54) is 0 Å². The zero-order valence-corrected chi connectivity index (χ0v) is 11.3. The van der Waals surface area contributed by atoms with Gasteiger partial charge < -0.3 is 16.2 Å². The van der Waals surface area contributed by atoms with Crippen molar-refractivity contribution < 1.29 is 14.7 Å². The van der Waals surface area contributed by atoms with E-state index < -0.39 is 12.0 Å². The fraction of sp³-hybridized carbons (Fsp3) is 0.125. The van der Waals surface area contributed by atoms with Crippen LogP contribution in [0.25, 0.3) is 0 Å². The third-order valence-electron chi connectivity index (χ3n) is 2.99. The maximum Gasteiger partial charge on any atom is 0.307 e. The molecule has 5 heteroatoms. The number of nitrogens with two attached hydrogens (primary N) is 1. The van der Waals surface area contributed by atoms with E-state index in [2.05, 4.69) is 5.32 Å². The first-order chi connectivity index (χ1) is 10.1. The van der Waals surface area contributed by atoms with Crippen molar-refractivity contribution in [1.82, 2.24) is 0 Å². The molecule has 1 atom stereocenters. The number of carboxylic acids is 1. The first-order valence-corrected chi connectivity index (χ1v) is 6.48. The van der Waals surface area contributed by atoms with Crippen LogP contribution in [0.2, 0.25) is 0 Å². The van der Waals surface area contributed by atoms with Gasteiger partial charge in [-0.25, -0.2) is 0 Å². The molecule has 108 valence electrons. The Hall–Kier alpha value is -2.66. The molecular weight excluding hydrogens is 268 g/mol. The largest absolute Gasteiger partial charge is 0.481 e. The lowest BCUT2D eigenvalue weighted by Crippen LogP contribution is -2.27. The van der Waals surface area contributed by atoms with Gasteiger partial charge in [-0.1, -0.05) is 42.5 Å². The number of hydrogen-bond donors (Lipinski definition) is 3. The van der Waals surface area contributed by atoms with Gasteiger partial charge in [0.25, 0.3) is 0 Å². The van der Waals surface area contributed by atoms with Crippen molar-refractivity contribution in [3.63, 3.8) is 0 Å². The van der Waals surface area contributed by atoms with E-state index in [1.807, 2.05) is 18.2 Å². The lowest BCUT2D eigenvalue weighted by molar-refractivity contribution is -0.136. The minimum atomic E-state index is -0.917. The lowest BCUT2D eigenvalue weighted by Gasteiger charge is -2.13. The molecule has 2 aromatic carbocycles. The SMILES string of the molecule is N[C@H](C(=O)Nc1cccc(CC(=O)O)c1)c1ccccc1. The topological polar surface area (TPSA) is 92.4 Å². The number of anilines is 1. The van der Waals surface area contributed by atoms with Crippen molar-refractivity contribution in [2.45, 2.75) is 12.5 Å². The molecule has 0 aliphatic carbocycles. The molecule has 0 heterocycles. The molecular formula is C16H16N2O3. The van der Waals surface area contributed by atoms with E-state index in [0.717, 1.165) is 5.56 Å². The number of aliphatic carboxylic acids is 1. The van der Waals surface area contributed by atoms with Gasteiger partial charge in [-0.3, -0.25) is 9.59 Å². The van der Waals surface area contributed by atoms with Crippen LogP contribution in [0, 0.1) is 0 Å². The predicted octanol–water partition coefficient (Wildman–Crippen LogP) is 1.95. The summed E-state index contributed by atoms with van der Waals surface area (Å²) in [4.78, 5) is 22.8. The normalized spacial score (nSPS) is 11.7. The highest BCUT2D eigenvalue weighted by molar-refractivity contribution is 5.95. The van der Waals surface area contributed by atoms with Crippen LogP contribution in [0.4, 0.5) is 5.69 Å². The Balaban J connectivity index is 2.07. The Morgan fingerprint density at radius 2 is 1.81 bits per heavy atom. The van der Waals surface area contributed by atoms with E-state index in [0.29, 0.717) is 11.3 Å². The molecule has 21 heavy (non-hydrogen) atoms. The van der Waals surface area contributed by atoms with Crippen LogP contribution >= 0.6 is 0 Å². The fourth-order valence-corrected chi connectivity index (χ4v) is 1.97. The summed E-state index contributed by atoms with van der Waals surface area (Å²) < 4.78 is 0. The van der Waals surface area contributed by atoms with Gasteiger partial charge in [-0.05, 0) is 23.3 Å². The average molecular weight is 284 g/mol. The molecule has 0 saturated carbocycles. The number of carboxylic acid groups (broad SMARTS) is 1.